The monoisotopic (exact) mass is 154 g/mol. The molecule has 0 nitrogen and oxygen atoms in total. The molecule has 0 N–H and O–H groups in total. The molecule has 3 heteroatoms. The van der Waals surface area contributed by atoms with Crippen LogP contribution in [0.15, 0.2) is 0 Å². The van der Waals surface area contributed by atoms with Crippen LogP contribution in [0, 0.1) is 5.92 Å². The summed E-state index contributed by atoms with van der Waals surface area (Å²) in [6.45, 7) is 1.75. The molecule has 0 heterocycles. The molecule has 1 fully saturated rings. The van der Waals surface area contributed by atoms with E-state index in [-0.39, 0.29) is 11.8 Å². The topological polar surface area (TPSA) is 0 Å². The summed E-state index contributed by atoms with van der Waals surface area (Å²) in [6.07, 6.45) is 0.499. The molecule has 2 atom stereocenters. The van der Waals surface area contributed by atoms with E-state index >= 15 is 0 Å². The summed E-state index contributed by atoms with van der Waals surface area (Å²) in [4.78, 5) is 0. The first-order chi connectivity index (χ1) is 4.02. The van der Waals surface area contributed by atoms with Gasteiger partial charge in [0.2, 0.25) is 0 Å². The predicted octanol–water partition coefficient (Wildman–Crippen LogP) is 2.66. The molecule has 1 rings (SSSR count). The van der Waals surface area contributed by atoms with Gasteiger partial charge in [-0.3, -0.25) is 0 Å². The SMILES string of the molecule is CC(Cl)CC1CC1(F)F. The van der Waals surface area contributed by atoms with E-state index in [1.54, 1.807) is 6.92 Å². The van der Waals surface area contributed by atoms with Gasteiger partial charge in [-0.1, -0.05) is 0 Å². The van der Waals surface area contributed by atoms with E-state index in [1.165, 1.54) is 0 Å². The second-order valence-corrected chi connectivity index (χ2v) is 3.42. The second-order valence-electron chi connectivity index (χ2n) is 2.68. The van der Waals surface area contributed by atoms with Crippen molar-refractivity contribution in [2.75, 3.05) is 0 Å². The van der Waals surface area contributed by atoms with E-state index < -0.39 is 11.8 Å². The number of rotatable bonds is 2. The Labute approximate surface area is 58.2 Å². The predicted molar refractivity (Wildman–Crippen MR) is 33.0 cm³/mol. The summed E-state index contributed by atoms with van der Waals surface area (Å²) < 4.78 is 24.2. The van der Waals surface area contributed by atoms with Gasteiger partial charge < -0.3 is 0 Å². The molecule has 2 unspecified atom stereocenters. The van der Waals surface area contributed by atoms with Crippen LogP contribution in [0.2, 0.25) is 0 Å². The zero-order valence-corrected chi connectivity index (χ0v) is 5.96. The smallest absolute Gasteiger partial charge is 0.207 e. The number of alkyl halides is 3. The van der Waals surface area contributed by atoms with Gasteiger partial charge in [0.05, 0.1) is 0 Å². The molecule has 0 radical (unpaired) electrons. The molecular weight excluding hydrogens is 146 g/mol. The van der Waals surface area contributed by atoms with Gasteiger partial charge in [-0.25, -0.2) is 8.78 Å². The minimum Gasteiger partial charge on any atom is -0.207 e. The van der Waals surface area contributed by atoms with Gasteiger partial charge >= 0.3 is 0 Å². The lowest BCUT2D eigenvalue weighted by Crippen LogP contribution is -1.99. The summed E-state index contributed by atoms with van der Waals surface area (Å²) in [7, 11) is 0. The van der Waals surface area contributed by atoms with Crippen molar-refractivity contribution < 1.29 is 8.78 Å². The average Bonchev–Trinajstić information content (AvgIpc) is 2.10. The molecule has 0 aromatic heterocycles. The molecule has 9 heavy (non-hydrogen) atoms. The largest absolute Gasteiger partial charge is 0.251 e. The first kappa shape index (κ1) is 7.26. The number of halogens is 3. The number of hydrogen-bond acceptors (Lipinski definition) is 0. The lowest BCUT2D eigenvalue weighted by atomic mass is 10.2. The van der Waals surface area contributed by atoms with Crippen LogP contribution in [-0.2, 0) is 0 Å². The summed E-state index contributed by atoms with van der Waals surface area (Å²) in [5.74, 6) is -2.81. The third-order valence-corrected chi connectivity index (χ3v) is 1.74. The van der Waals surface area contributed by atoms with Gasteiger partial charge in [-0.05, 0) is 13.3 Å². The van der Waals surface area contributed by atoms with E-state index in [1.807, 2.05) is 0 Å². The van der Waals surface area contributed by atoms with Crippen molar-refractivity contribution in [1.82, 2.24) is 0 Å². The Hall–Kier alpha value is 0.150. The van der Waals surface area contributed by atoms with Crippen molar-refractivity contribution in [3.63, 3.8) is 0 Å². The van der Waals surface area contributed by atoms with Crippen LogP contribution in [-0.4, -0.2) is 11.3 Å². The first-order valence-electron chi connectivity index (χ1n) is 3.04. The maximum Gasteiger partial charge on any atom is 0.251 e. The van der Waals surface area contributed by atoms with Crippen LogP contribution in [0.25, 0.3) is 0 Å². The molecule has 0 aromatic carbocycles. The minimum atomic E-state index is -2.39. The molecular formula is C6H9ClF2. The molecule has 0 spiro atoms. The zero-order chi connectivity index (χ0) is 7.07. The van der Waals surface area contributed by atoms with Crippen molar-refractivity contribution in [3.8, 4) is 0 Å². The molecule has 0 bridgehead atoms. The summed E-state index contributed by atoms with van der Waals surface area (Å²) in [6, 6.07) is 0. The summed E-state index contributed by atoms with van der Waals surface area (Å²) in [5, 5.41) is -0.108. The Kier molecular flexibility index (Phi) is 1.68. The van der Waals surface area contributed by atoms with Gasteiger partial charge in [0, 0.05) is 17.7 Å². The van der Waals surface area contributed by atoms with E-state index in [2.05, 4.69) is 0 Å². The first-order valence-corrected chi connectivity index (χ1v) is 3.48. The normalized spacial score (nSPS) is 34.0. The maximum atomic E-state index is 12.1. The maximum absolute atomic E-state index is 12.1. The summed E-state index contributed by atoms with van der Waals surface area (Å²) >= 11 is 5.51. The quantitative estimate of drug-likeness (QED) is 0.537. The molecule has 0 aromatic rings. The van der Waals surface area contributed by atoms with E-state index in [0.29, 0.717) is 6.42 Å². The Bertz CT molecular complexity index is 112. The lowest BCUT2D eigenvalue weighted by Gasteiger charge is -1.98. The second kappa shape index (κ2) is 2.08. The van der Waals surface area contributed by atoms with Crippen LogP contribution in [0.1, 0.15) is 19.8 Å². The Morgan fingerprint density at radius 3 is 2.33 bits per heavy atom. The Morgan fingerprint density at radius 2 is 2.22 bits per heavy atom. The fraction of sp³-hybridized carbons (Fsp3) is 1.00. The molecule has 1 aliphatic rings. The van der Waals surface area contributed by atoms with Gasteiger partial charge in [-0.15, -0.1) is 11.6 Å². The van der Waals surface area contributed by atoms with Crippen LogP contribution in [0.4, 0.5) is 8.78 Å². The highest BCUT2D eigenvalue weighted by Crippen LogP contribution is 2.51. The van der Waals surface area contributed by atoms with Crippen molar-refractivity contribution in [2.45, 2.75) is 31.1 Å². The van der Waals surface area contributed by atoms with Gasteiger partial charge in [0.15, 0.2) is 0 Å². The highest BCUT2D eigenvalue weighted by Gasteiger charge is 2.56. The van der Waals surface area contributed by atoms with E-state index in [4.69, 9.17) is 11.6 Å². The standard InChI is InChI=1S/C6H9ClF2/c1-4(7)2-5-3-6(5,8)9/h4-5H,2-3H2,1H3. The van der Waals surface area contributed by atoms with Gasteiger partial charge in [0.25, 0.3) is 5.92 Å². The van der Waals surface area contributed by atoms with Crippen LogP contribution < -0.4 is 0 Å². The van der Waals surface area contributed by atoms with E-state index in [0.717, 1.165) is 0 Å². The van der Waals surface area contributed by atoms with Gasteiger partial charge in [-0.2, -0.15) is 0 Å². The highest BCUT2D eigenvalue weighted by molar-refractivity contribution is 6.20. The van der Waals surface area contributed by atoms with Crippen molar-refractivity contribution in [3.05, 3.63) is 0 Å². The lowest BCUT2D eigenvalue weighted by molar-refractivity contribution is 0.0971. The van der Waals surface area contributed by atoms with Crippen molar-refractivity contribution in [1.29, 1.82) is 0 Å². The minimum absolute atomic E-state index is 0.0457. The van der Waals surface area contributed by atoms with Crippen LogP contribution >= 0.6 is 11.6 Å². The van der Waals surface area contributed by atoms with Crippen LogP contribution in [0.3, 0.4) is 0 Å². The molecule has 1 aliphatic carbocycles. The highest BCUT2D eigenvalue weighted by atomic mass is 35.5. The Balaban J connectivity index is 2.20. The van der Waals surface area contributed by atoms with E-state index in [9.17, 15) is 8.78 Å². The van der Waals surface area contributed by atoms with Crippen LogP contribution in [0.5, 0.6) is 0 Å². The molecule has 0 saturated heterocycles. The third kappa shape index (κ3) is 1.78. The Morgan fingerprint density at radius 1 is 1.78 bits per heavy atom. The third-order valence-electron chi connectivity index (χ3n) is 1.57. The molecule has 54 valence electrons. The average molecular weight is 155 g/mol. The fourth-order valence-corrected chi connectivity index (χ4v) is 1.13. The summed E-state index contributed by atoms with van der Waals surface area (Å²) in [5.41, 5.74) is 0. The van der Waals surface area contributed by atoms with Crippen molar-refractivity contribution >= 4 is 11.6 Å². The number of hydrogen-bond donors (Lipinski definition) is 0. The molecule has 0 aliphatic heterocycles. The fourth-order valence-electron chi connectivity index (χ4n) is 0.917. The van der Waals surface area contributed by atoms with Crippen molar-refractivity contribution in [2.24, 2.45) is 5.92 Å². The zero-order valence-electron chi connectivity index (χ0n) is 5.20. The molecule has 0 amide bonds. The van der Waals surface area contributed by atoms with Gasteiger partial charge in [0.1, 0.15) is 0 Å². The molecule has 1 saturated carbocycles.